The minimum atomic E-state index is -0.0432. The van der Waals surface area contributed by atoms with Crippen molar-refractivity contribution in [1.82, 2.24) is 0 Å². The van der Waals surface area contributed by atoms with E-state index in [1.165, 1.54) is 0 Å². The number of methoxy groups -OCH3 is 1. The third-order valence-corrected chi connectivity index (χ3v) is 2.52. The van der Waals surface area contributed by atoms with Crippen LogP contribution >= 0.6 is 12.4 Å². The highest BCUT2D eigenvalue weighted by Gasteiger charge is 2.06. The number of para-hydroxylation sites is 2. The Labute approximate surface area is 126 Å². The molecule has 0 atom stereocenters. The highest BCUT2D eigenvalue weighted by atomic mass is 35.5. The predicted molar refractivity (Wildman–Crippen MR) is 82.6 cm³/mol. The Hall–Kier alpha value is -1.30. The number of anilines is 1. The van der Waals surface area contributed by atoms with Gasteiger partial charge >= 0.3 is 0 Å². The Morgan fingerprint density at radius 3 is 2.70 bits per heavy atom. The molecular formula is C14H23ClN2O3. The van der Waals surface area contributed by atoms with Crippen molar-refractivity contribution in [1.29, 1.82) is 0 Å². The van der Waals surface area contributed by atoms with Crippen LogP contribution in [0, 0.1) is 0 Å². The number of nitrogens with two attached hydrogens (primary N) is 1. The van der Waals surface area contributed by atoms with Crippen molar-refractivity contribution < 1.29 is 14.3 Å². The molecule has 0 aromatic heterocycles. The van der Waals surface area contributed by atoms with E-state index < -0.39 is 0 Å². The summed E-state index contributed by atoms with van der Waals surface area (Å²) in [6, 6.07) is 7.40. The van der Waals surface area contributed by atoms with E-state index in [4.69, 9.17) is 15.2 Å². The molecule has 0 aliphatic heterocycles. The molecule has 0 saturated carbocycles. The van der Waals surface area contributed by atoms with Crippen molar-refractivity contribution in [2.24, 2.45) is 5.73 Å². The number of hydrogen-bond acceptors (Lipinski definition) is 4. The first-order valence-corrected chi connectivity index (χ1v) is 6.48. The molecule has 1 amide bonds. The van der Waals surface area contributed by atoms with Crippen molar-refractivity contribution in [2.45, 2.75) is 19.3 Å². The van der Waals surface area contributed by atoms with E-state index in [-0.39, 0.29) is 18.3 Å². The molecule has 114 valence electrons. The molecule has 0 heterocycles. The van der Waals surface area contributed by atoms with Crippen LogP contribution < -0.4 is 15.8 Å². The standard InChI is InChI=1S/C14H22N2O3.ClH/c1-18-10-5-11-19-13-7-3-2-6-12(13)16-14(17)8-4-9-15;/h2-3,6-7H,4-5,8-11,15H2,1H3,(H,16,17);1H. The maximum absolute atomic E-state index is 11.7. The predicted octanol–water partition coefficient (Wildman–Crippen LogP) is 2.20. The average molecular weight is 303 g/mol. The van der Waals surface area contributed by atoms with Crippen molar-refractivity contribution >= 4 is 24.0 Å². The summed E-state index contributed by atoms with van der Waals surface area (Å²) in [6.45, 7) is 1.73. The van der Waals surface area contributed by atoms with Gasteiger partial charge in [-0.15, -0.1) is 12.4 Å². The molecule has 0 aliphatic carbocycles. The van der Waals surface area contributed by atoms with Gasteiger partial charge in [0.25, 0.3) is 0 Å². The Bertz CT molecular complexity index is 388. The summed E-state index contributed by atoms with van der Waals surface area (Å²) < 4.78 is 10.6. The van der Waals surface area contributed by atoms with E-state index in [2.05, 4.69) is 5.32 Å². The molecule has 1 aromatic rings. The topological polar surface area (TPSA) is 73.6 Å². The molecule has 0 saturated heterocycles. The molecule has 0 bridgehead atoms. The van der Waals surface area contributed by atoms with E-state index in [1.807, 2.05) is 24.3 Å². The first-order valence-electron chi connectivity index (χ1n) is 6.48. The number of halogens is 1. The van der Waals surface area contributed by atoms with Gasteiger partial charge in [-0.25, -0.2) is 0 Å². The number of carbonyl (C=O) groups is 1. The Kier molecular flexibility index (Phi) is 10.8. The van der Waals surface area contributed by atoms with Crippen LogP contribution in [0.3, 0.4) is 0 Å². The average Bonchev–Trinajstić information content (AvgIpc) is 2.43. The minimum absolute atomic E-state index is 0. The summed E-state index contributed by atoms with van der Waals surface area (Å²) in [4.78, 5) is 11.7. The number of amides is 1. The van der Waals surface area contributed by atoms with Crippen LogP contribution in [0.5, 0.6) is 5.75 Å². The van der Waals surface area contributed by atoms with E-state index in [0.717, 1.165) is 6.42 Å². The third kappa shape index (κ3) is 7.33. The Balaban J connectivity index is 0.00000361. The molecule has 0 spiro atoms. The summed E-state index contributed by atoms with van der Waals surface area (Å²) in [5.41, 5.74) is 6.07. The molecule has 0 fully saturated rings. The van der Waals surface area contributed by atoms with Gasteiger partial charge in [-0.3, -0.25) is 4.79 Å². The molecular weight excluding hydrogens is 280 g/mol. The monoisotopic (exact) mass is 302 g/mol. The van der Waals surface area contributed by atoms with E-state index >= 15 is 0 Å². The molecule has 1 rings (SSSR count). The van der Waals surface area contributed by atoms with Crippen molar-refractivity contribution in [3.05, 3.63) is 24.3 Å². The lowest BCUT2D eigenvalue weighted by Crippen LogP contribution is -2.14. The highest BCUT2D eigenvalue weighted by molar-refractivity contribution is 5.92. The van der Waals surface area contributed by atoms with E-state index in [9.17, 15) is 4.79 Å². The quantitative estimate of drug-likeness (QED) is 0.686. The molecule has 0 aliphatic rings. The fourth-order valence-corrected chi connectivity index (χ4v) is 1.56. The first-order chi connectivity index (χ1) is 9.27. The van der Waals surface area contributed by atoms with Gasteiger partial charge in [0, 0.05) is 26.6 Å². The summed E-state index contributed by atoms with van der Waals surface area (Å²) in [7, 11) is 1.66. The van der Waals surface area contributed by atoms with Gasteiger partial charge in [-0.1, -0.05) is 12.1 Å². The Morgan fingerprint density at radius 1 is 1.25 bits per heavy atom. The fraction of sp³-hybridized carbons (Fsp3) is 0.500. The molecule has 6 heteroatoms. The molecule has 0 radical (unpaired) electrons. The number of ether oxygens (including phenoxy) is 2. The summed E-state index contributed by atoms with van der Waals surface area (Å²) in [6.07, 6.45) is 1.92. The van der Waals surface area contributed by atoms with Gasteiger partial charge in [0.2, 0.25) is 5.91 Å². The second-order valence-corrected chi connectivity index (χ2v) is 4.13. The van der Waals surface area contributed by atoms with Crippen LogP contribution in [0.1, 0.15) is 19.3 Å². The minimum Gasteiger partial charge on any atom is -0.491 e. The van der Waals surface area contributed by atoms with Crippen LogP contribution in [-0.4, -0.2) is 32.8 Å². The lowest BCUT2D eigenvalue weighted by Gasteiger charge is -2.12. The first kappa shape index (κ1) is 18.7. The largest absolute Gasteiger partial charge is 0.491 e. The van der Waals surface area contributed by atoms with Gasteiger partial charge in [0.05, 0.1) is 12.3 Å². The zero-order chi connectivity index (χ0) is 13.9. The molecule has 0 unspecified atom stereocenters. The molecule has 1 aromatic carbocycles. The van der Waals surface area contributed by atoms with Gasteiger partial charge < -0.3 is 20.5 Å². The Morgan fingerprint density at radius 2 is 2.00 bits per heavy atom. The van der Waals surface area contributed by atoms with Gasteiger partial charge in [0.15, 0.2) is 0 Å². The number of rotatable bonds is 9. The van der Waals surface area contributed by atoms with Gasteiger partial charge in [0.1, 0.15) is 5.75 Å². The zero-order valence-electron chi connectivity index (χ0n) is 11.8. The summed E-state index contributed by atoms with van der Waals surface area (Å²) in [5, 5.41) is 2.84. The summed E-state index contributed by atoms with van der Waals surface area (Å²) >= 11 is 0. The van der Waals surface area contributed by atoms with Crippen LogP contribution in [0.15, 0.2) is 24.3 Å². The maximum atomic E-state index is 11.7. The highest BCUT2D eigenvalue weighted by Crippen LogP contribution is 2.24. The van der Waals surface area contributed by atoms with Gasteiger partial charge in [-0.2, -0.15) is 0 Å². The van der Waals surface area contributed by atoms with Crippen LogP contribution in [0.2, 0.25) is 0 Å². The number of hydrogen-bond donors (Lipinski definition) is 2. The van der Waals surface area contributed by atoms with Crippen molar-refractivity contribution in [2.75, 3.05) is 32.2 Å². The maximum Gasteiger partial charge on any atom is 0.224 e. The fourth-order valence-electron chi connectivity index (χ4n) is 1.56. The molecule has 20 heavy (non-hydrogen) atoms. The second-order valence-electron chi connectivity index (χ2n) is 4.13. The number of benzene rings is 1. The lowest BCUT2D eigenvalue weighted by molar-refractivity contribution is -0.116. The lowest BCUT2D eigenvalue weighted by atomic mass is 10.2. The van der Waals surface area contributed by atoms with Gasteiger partial charge in [-0.05, 0) is 25.1 Å². The zero-order valence-corrected chi connectivity index (χ0v) is 12.6. The van der Waals surface area contributed by atoms with Crippen LogP contribution in [-0.2, 0) is 9.53 Å². The van der Waals surface area contributed by atoms with E-state index in [1.54, 1.807) is 7.11 Å². The third-order valence-electron chi connectivity index (χ3n) is 2.52. The van der Waals surface area contributed by atoms with Crippen LogP contribution in [0.25, 0.3) is 0 Å². The van der Waals surface area contributed by atoms with Crippen LogP contribution in [0.4, 0.5) is 5.69 Å². The number of carbonyl (C=O) groups excluding carboxylic acids is 1. The van der Waals surface area contributed by atoms with Crippen molar-refractivity contribution in [3.63, 3.8) is 0 Å². The van der Waals surface area contributed by atoms with Crippen molar-refractivity contribution in [3.8, 4) is 5.75 Å². The normalized spacial score (nSPS) is 9.70. The SMILES string of the molecule is COCCCOc1ccccc1NC(=O)CCCN.Cl. The molecule has 5 nitrogen and oxygen atoms in total. The van der Waals surface area contributed by atoms with E-state index in [0.29, 0.717) is 44.0 Å². The number of nitrogens with one attached hydrogen (secondary N) is 1. The summed E-state index contributed by atoms with van der Waals surface area (Å²) in [5.74, 6) is 0.637. The second kappa shape index (κ2) is 11.5. The molecule has 3 N–H and O–H groups in total. The smallest absolute Gasteiger partial charge is 0.224 e.